The number of hydrogen-bond donors (Lipinski definition) is 0. The Morgan fingerprint density at radius 1 is 1.17 bits per heavy atom. The van der Waals surface area contributed by atoms with E-state index in [9.17, 15) is 0 Å². The topological polar surface area (TPSA) is 12.9 Å². The summed E-state index contributed by atoms with van der Waals surface area (Å²) in [6.07, 6.45) is 1.84. The van der Waals surface area contributed by atoms with Crippen molar-refractivity contribution in [2.45, 2.75) is 0 Å². The molecule has 1 nitrogen and oxygen atoms in total. The van der Waals surface area contributed by atoms with Gasteiger partial charge in [0.15, 0.2) is 7.85 Å². The van der Waals surface area contributed by atoms with E-state index in [0.29, 0.717) is 0 Å². The van der Waals surface area contributed by atoms with Gasteiger partial charge in [0.05, 0.1) is 0 Å². The molecule has 0 atom stereocenters. The Morgan fingerprint density at radius 2 is 1.83 bits per heavy atom. The van der Waals surface area contributed by atoms with Crippen molar-refractivity contribution in [2.24, 2.45) is 0 Å². The number of nitrogens with zero attached hydrogens (tertiary/aromatic N) is 1. The van der Waals surface area contributed by atoms with Crippen LogP contribution in [0, 0.1) is 0 Å². The van der Waals surface area contributed by atoms with Gasteiger partial charge in [-0.1, -0.05) is 24.3 Å². The van der Waals surface area contributed by atoms with E-state index in [1.165, 1.54) is 10.8 Å². The molecule has 0 radical (unpaired) electrons. The van der Waals surface area contributed by atoms with Crippen LogP contribution < -0.4 is 5.59 Å². The molecule has 0 fully saturated rings. The van der Waals surface area contributed by atoms with Crippen molar-refractivity contribution in [3.63, 3.8) is 0 Å². The number of pyridine rings is 1. The molecule has 0 N–H and O–H groups in total. The van der Waals surface area contributed by atoms with Crippen molar-refractivity contribution in [1.82, 2.24) is 4.98 Å². The van der Waals surface area contributed by atoms with Crippen LogP contribution in [0.4, 0.5) is 0 Å². The van der Waals surface area contributed by atoms with Crippen LogP contribution in [0.25, 0.3) is 10.8 Å². The van der Waals surface area contributed by atoms with Gasteiger partial charge in [0, 0.05) is 16.3 Å². The Bertz CT molecular complexity index is 387. The fourth-order valence-electron chi connectivity index (χ4n) is 1.30. The van der Waals surface area contributed by atoms with E-state index in [0.717, 1.165) is 10.1 Å². The smallest absolute Gasteiger partial charge is 0.164 e. The lowest BCUT2D eigenvalue weighted by molar-refractivity contribution is 1.40. The number of hydrogen-bond acceptors (Lipinski definition) is 1. The van der Waals surface area contributed by atoms with Gasteiger partial charge in [-0.05, 0) is 26.7 Å². The highest BCUT2D eigenvalue weighted by atomic mass is 79.9. The Hall–Kier alpha value is -0.825. The van der Waals surface area contributed by atoms with Crippen LogP contribution in [0.2, 0.25) is 0 Å². The predicted octanol–water partition coefficient (Wildman–Crippen LogP) is 1.26. The van der Waals surface area contributed by atoms with E-state index in [4.69, 9.17) is 0 Å². The molecule has 1 heterocycles. The van der Waals surface area contributed by atoms with Crippen molar-refractivity contribution < 1.29 is 0 Å². The Balaban J connectivity index is 2.95. The molecular formula is C9H7BBrN. The molecule has 0 amide bonds. The molecule has 0 bridgehead atoms. The molecular weight excluding hydrogens is 213 g/mol. The summed E-state index contributed by atoms with van der Waals surface area (Å²) in [5.41, 5.74) is 1.08. The van der Waals surface area contributed by atoms with Gasteiger partial charge in [-0.3, -0.25) is 4.98 Å². The molecule has 0 saturated carbocycles. The van der Waals surface area contributed by atoms with Crippen LogP contribution in [-0.2, 0) is 0 Å². The fourth-order valence-corrected chi connectivity index (χ4v) is 1.75. The van der Waals surface area contributed by atoms with E-state index in [1.807, 2.05) is 26.2 Å². The van der Waals surface area contributed by atoms with E-state index in [2.05, 4.69) is 33.0 Å². The summed E-state index contributed by atoms with van der Waals surface area (Å²) in [4.78, 5) is 4.26. The zero-order valence-corrected chi connectivity index (χ0v) is 8.30. The third kappa shape index (κ3) is 1.14. The quantitative estimate of drug-likeness (QED) is 0.609. The van der Waals surface area contributed by atoms with E-state index < -0.39 is 0 Å². The first kappa shape index (κ1) is 7.81. The van der Waals surface area contributed by atoms with Crippen molar-refractivity contribution in [3.8, 4) is 0 Å². The summed E-state index contributed by atoms with van der Waals surface area (Å²) < 4.78 is 1.06. The number of fused-ring (bicyclic) bond motifs is 1. The number of halogens is 1. The van der Waals surface area contributed by atoms with Gasteiger partial charge in [0.1, 0.15) is 0 Å². The van der Waals surface area contributed by atoms with Gasteiger partial charge in [-0.2, -0.15) is 0 Å². The van der Waals surface area contributed by atoms with Crippen LogP contribution in [-0.4, -0.2) is 12.8 Å². The molecule has 3 heteroatoms. The van der Waals surface area contributed by atoms with Gasteiger partial charge >= 0.3 is 0 Å². The van der Waals surface area contributed by atoms with Crippen molar-refractivity contribution in [3.05, 3.63) is 34.9 Å². The average Bonchev–Trinajstić information content (AvgIpc) is 2.12. The molecule has 0 spiro atoms. The van der Waals surface area contributed by atoms with Crippen molar-refractivity contribution in [1.29, 1.82) is 0 Å². The Kier molecular flexibility index (Phi) is 1.89. The summed E-state index contributed by atoms with van der Waals surface area (Å²) in [6.45, 7) is 0. The van der Waals surface area contributed by atoms with Crippen LogP contribution >= 0.6 is 15.9 Å². The summed E-state index contributed by atoms with van der Waals surface area (Å²) >= 11 is 3.47. The Labute approximate surface area is 80.4 Å². The molecule has 0 aliphatic heterocycles. The van der Waals surface area contributed by atoms with Crippen LogP contribution in [0.15, 0.2) is 34.9 Å². The third-order valence-electron chi connectivity index (χ3n) is 1.95. The molecule has 0 aliphatic rings. The summed E-state index contributed by atoms with van der Waals surface area (Å²) in [7, 11) is 2.02. The molecule has 1 aromatic carbocycles. The zero-order valence-electron chi connectivity index (χ0n) is 6.71. The molecule has 58 valence electrons. The van der Waals surface area contributed by atoms with Gasteiger partial charge < -0.3 is 0 Å². The standard InChI is InChI=1S/C9H7BBrN/c10-9-7-4-2-1-3-6(7)8(11)5-12-9/h1-5H,10H2. The number of benzene rings is 1. The normalized spacial score (nSPS) is 10.4. The first-order valence-corrected chi connectivity index (χ1v) is 4.58. The van der Waals surface area contributed by atoms with E-state index in [-0.39, 0.29) is 0 Å². The Morgan fingerprint density at radius 3 is 2.50 bits per heavy atom. The molecule has 2 aromatic rings. The third-order valence-corrected chi connectivity index (χ3v) is 2.58. The second-order valence-corrected chi connectivity index (χ2v) is 3.59. The monoisotopic (exact) mass is 219 g/mol. The minimum Gasteiger partial charge on any atom is -0.270 e. The predicted molar refractivity (Wildman–Crippen MR) is 57.6 cm³/mol. The lowest BCUT2D eigenvalue weighted by Gasteiger charge is -2.02. The molecule has 0 saturated heterocycles. The van der Waals surface area contributed by atoms with Crippen molar-refractivity contribution in [2.75, 3.05) is 0 Å². The molecule has 1 aromatic heterocycles. The second-order valence-electron chi connectivity index (χ2n) is 2.74. The maximum atomic E-state index is 4.26. The van der Waals surface area contributed by atoms with Crippen LogP contribution in [0.3, 0.4) is 0 Å². The summed E-state index contributed by atoms with van der Waals surface area (Å²) in [5.74, 6) is 0. The molecule has 12 heavy (non-hydrogen) atoms. The van der Waals surface area contributed by atoms with E-state index in [1.54, 1.807) is 0 Å². The highest BCUT2D eigenvalue weighted by Crippen LogP contribution is 2.19. The lowest BCUT2D eigenvalue weighted by atomic mass is 9.97. The first-order chi connectivity index (χ1) is 5.79. The van der Waals surface area contributed by atoms with Gasteiger partial charge in [-0.15, -0.1) is 0 Å². The lowest BCUT2D eigenvalue weighted by Crippen LogP contribution is -2.08. The highest BCUT2D eigenvalue weighted by molar-refractivity contribution is 9.10. The first-order valence-electron chi connectivity index (χ1n) is 3.79. The SMILES string of the molecule is Bc1ncc(Br)c2ccccc12. The summed E-state index contributed by atoms with van der Waals surface area (Å²) in [5, 5.41) is 2.44. The minimum absolute atomic E-state index is 1.06. The van der Waals surface area contributed by atoms with Gasteiger partial charge in [0.25, 0.3) is 0 Å². The maximum Gasteiger partial charge on any atom is 0.164 e. The highest BCUT2D eigenvalue weighted by Gasteiger charge is 1.99. The zero-order chi connectivity index (χ0) is 8.55. The maximum absolute atomic E-state index is 4.26. The van der Waals surface area contributed by atoms with Gasteiger partial charge in [0.2, 0.25) is 0 Å². The molecule has 2 rings (SSSR count). The average molecular weight is 220 g/mol. The minimum atomic E-state index is 1.06. The molecule has 0 unspecified atom stereocenters. The number of rotatable bonds is 0. The van der Waals surface area contributed by atoms with Crippen molar-refractivity contribution >= 4 is 40.1 Å². The fraction of sp³-hybridized carbons (Fsp3) is 0. The largest absolute Gasteiger partial charge is 0.270 e. The van der Waals surface area contributed by atoms with Gasteiger partial charge in [-0.25, -0.2) is 0 Å². The second kappa shape index (κ2) is 2.90. The van der Waals surface area contributed by atoms with Crippen LogP contribution in [0.1, 0.15) is 0 Å². The number of aromatic nitrogens is 1. The summed E-state index contributed by atoms with van der Waals surface area (Å²) in [6, 6.07) is 8.24. The van der Waals surface area contributed by atoms with E-state index >= 15 is 0 Å². The van der Waals surface area contributed by atoms with Crippen LogP contribution in [0.5, 0.6) is 0 Å². The molecule has 0 aliphatic carbocycles.